The van der Waals surface area contributed by atoms with Crippen molar-refractivity contribution < 1.29 is 4.74 Å². The average molecular weight is 358 g/mol. The third kappa shape index (κ3) is 31.4. The number of hydrogen-bond acceptors (Lipinski definition) is 4. The smallest absolute Gasteiger partial charge is 0.0645 e. The Kier molecular flexibility index (Phi) is 29.4. The van der Waals surface area contributed by atoms with Gasteiger partial charge in [-0.15, -0.1) is 6.58 Å². The summed E-state index contributed by atoms with van der Waals surface area (Å²) in [5, 5.41) is 7.87. The van der Waals surface area contributed by atoms with Gasteiger partial charge in [-0.25, -0.2) is 0 Å². The van der Waals surface area contributed by atoms with Crippen LogP contribution in [0.3, 0.4) is 0 Å². The Hall–Kier alpha value is -0.890. The fraction of sp³-hybridized carbons (Fsp3) is 0.857. The fourth-order valence-corrected chi connectivity index (χ4v) is 1.34. The zero-order valence-corrected chi connectivity index (χ0v) is 19.3. The van der Waals surface area contributed by atoms with Crippen molar-refractivity contribution in [1.29, 1.82) is 5.26 Å². The van der Waals surface area contributed by atoms with Gasteiger partial charge in [-0.1, -0.05) is 6.08 Å². The van der Waals surface area contributed by atoms with Crippen LogP contribution >= 0.6 is 0 Å². The van der Waals surface area contributed by atoms with Gasteiger partial charge in [0.1, 0.15) is 0 Å². The summed E-state index contributed by atoms with van der Waals surface area (Å²) in [6.45, 7) is 23.5. The van der Waals surface area contributed by atoms with Gasteiger partial charge in [0.25, 0.3) is 0 Å². The van der Waals surface area contributed by atoms with Crippen molar-refractivity contribution >= 4 is 0 Å². The predicted octanol–water partition coefficient (Wildman–Crippen LogP) is 5.21. The fourth-order valence-electron chi connectivity index (χ4n) is 1.34. The molecule has 0 heterocycles. The first-order chi connectivity index (χ1) is 11.4. The highest BCUT2D eigenvalue weighted by molar-refractivity contribution is 4.66. The van der Waals surface area contributed by atoms with Crippen molar-refractivity contribution in [2.75, 3.05) is 27.8 Å². The Balaban J connectivity index is -0.000000124. The van der Waals surface area contributed by atoms with Crippen LogP contribution in [0.5, 0.6) is 0 Å². The van der Waals surface area contributed by atoms with Gasteiger partial charge in [0.15, 0.2) is 0 Å². The molecule has 0 aliphatic heterocycles. The lowest BCUT2D eigenvalue weighted by atomic mass is 10.2. The SMILES string of the molecule is C=CC.CC(C)N(C)C(C)C.CC(C)N(C)C(C)C.COCCC#N. The van der Waals surface area contributed by atoms with E-state index in [-0.39, 0.29) is 0 Å². The first kappa shape index (κ1) is 31.8. The second-order valence-electron chi connectivity index (χ2n) is 7.02. The molecule has 0 unspecified atom stereocenters. The van der Waals surface area contributed by atoms with Gasteiger partial charge < -0.3 is 14.5 Å². The van der Waals surface area contributed by atoms with Crippen molar-refractivity contribution in [3.8, 4) is 6.07 Å². The molecular weight excluding hydrogens is 310 g/mol. The average Bonchev–Trinajstić information content (AvgIpc) is 2.52. The van der Waals surface area contributed by atoms with Crippen molar-refractivity contribution in [2.24, 2.45) is 0 Å². The molecular formula is C21H47N3O. The number of rotatable bonds is 6. The second-order valence-corrected chi connectivity index (χ2v) is 7.02. The van der Waals surface area contributed by atoms with Crippen LogP contribution in [0.25, 0.3) is 0 Å². The van der Waals surface area contributed by atoms with Gasteiger partial charge in [0.2, 0.25) is 0 Å². The number of methoxy groups -OCH3 is 1. The zero-order valence-electron chi connectivity index (χ0n) is 19.3. The van der Waals surface area contributed by atoms with E-state index in [0.717, 1.165) is 0 Å². The molecule has 0 aromatic heterocycles. The van der Waals surface area contributed by atoms with E-state index in [0.29, 0.717) is 37.2 Å². The predicted molar refractivity (Wildman–Crippen MR) is 114 cm³/mol. The summed E-state index contributed by atoms with van der Waals surface area (Å²) in [7, 11) is 5.88. The first-order valence-electron chi connectivity index (χ1n) is 9.31. The standard InChI is InChI=1S/2C7H17N.C4H7NO.C3H6/c2*1-6(2)8(5)7(3)4;1-6-4-2-3-5;1-3-2/h2*6-7H,1-5H3;2,4H2,1H3;3H,1H2,2H3. The van der Waals surface area contributed by atoms with Gasteiger partial charge in [0.05, 0.1) is 19.1 Å². The van der Waals surface area contributed by atoms with Crippen molar-refractivity contribution in [3.05, 3.63) is 12.7 Å². The third-order valence-corrected chi connectivity index (χ3v) is 3.68. The van der Waals surface area contributed by atoms with Crippen LogP contribution in [0.4, 0.5) is 0 Å². The zero-order chi connectivity index (χ0) is 21.0. The second kappa shape index (κ2) is 23.1. The van der Waals surface area contributed by atoms with Crippen LogP contribution in [0.15, 0.2) is 12.7 Å². The maximum absolute atomic E-state index is 7.87. The van der Waals surface area contributed by atoms with Crippen molar-refractivity contribution in [1.82, 2.24) is 9.80 Å². The maximum atomic E-state index is 7.87. The molecule has 0 N–H and O–H groups in total. The maximum Gasteiger partial charge on any atom is 0.0645 e. The Morgan fingerprint density at radius 3 is 1.16 bits per heavy atom. The number of nitrogens with zero attached hydrogens (tertiary/aromatic N) is 3. The number of nitriles is 1. The molecule has 25 heavy (non-hydrogen) atoms. The van der Waals surface area contributed by atoms with Crippen LogP contribution in [-0.2, 0) is 4.74 Å². The van der Waals surface area contributed by atoms with E-state index >= 15 is 0 Å². The molecule has 0 rings (SSSR count). The van der Waals surface area contributed by atoms with Crippen LogP contribution in [0.1, 0.15) is 68.7 Å². The quantitative estimate of drug-likeness (QED) is 0.483. The lowest BCUT2D eigenvalue weighted by molar-refractivity contribution is 0.205. The van der Waals surface area contributed by atoms with Crippen molar-refractivity contribution in [2.45, 2.75) is 92.9 Å². The topological polar surface area (TPSA) is 39.5 Å². The molecule has 0 saturated heterocycles. The van der Waals surface area contributed by atoms with E-state index in [1.165, 1.54) is 0 Å². The summed E-state index contributed by atoms with van der Waals surface area (Å²) in [5.41, 5.74) is 0. The molecule has 0 aliphatic carbocycles. The van der Waals surface area contributed by atoms with Gasteiger partial charge in [-0.3, -0.25) is 0 Å². The Labute approximate surface area is 159 Å². The minimum absolute atomic E-state index is 0.497. The molecule has 0 bridgehead atoms. The van der Waals surface area contributed by atoms with Gasteiger partial charge >= 0.3 is 0 Å². The Bertz CT molecular complexity index is 260. The lowest BCUT2D eigenvalue weighted by Crippen LogP contribution is -2.32. The molecule has 0 aliphatic rings. The molecule has 0 spiro atoms. The lowest BCUT2D eigenvalue weighted by Gasteiger charge is -2.24. The van der Waals surface area contributed by atoms with Gasteiger partial charge in [0, 0.05) is 31.3 Å². The van der Waals surface area contributed by atoms with Crippen molar-refractivity contribution in [3.63, 3.8) is 0 Å². The van der Waals surface area contributed by atoms with Crippen LogP contribution in [0, 0.1) is 11.3 Å². The van der Waals surface area contributed by atoms with E-state index in [1.54, 1.807) is 13.2 Å². The van der Waals surface area contributed by atoms with E-state index in [1.807, 2.05) is 13.0 Å². The number of hydrogen-bond donors (Lipinski definition) is 0. The summed E-state index contributed by atoms with van der Waals surface area (Å²) < 4.78 is 4.56. The highest BCUT2D eigenvalue weighted by Gasteiger charge is 2.05. The first-order valence-corrected chi connectivity index (χ1v) is 9.31. The van der Waals surface area contributed by atoms with Crippen LogP contribution in [0.2, 0.25) is 0 Å². The number of allylic oxidation sites excluding steroid dienone is 1. The van der Waals surface area contributed by atoms with E-state index in [2.05, 4.69) is 90.6 Å². The molecule has 152 valence electrons. The summed E-state index contributed by atoms with van der Waals surface area (Å²) in [5.74, 6) is 0. The summed E-state index contributed by atoms with van der Waals surface area (Å²) in [6.07, 6.45) is 2.25. The summed E-state index contributed by atoms with van der Waals surface area (Å²) >= 11 is 0. The minimum atomic E-state index is 0.497. The van der Waals surface area contributed by atoms with E-state index in [9.17, 15) is 0 Å². The largest absolute Gasteiger partial charge is 0.384 e. The van der Waals surface area contributed by atoms with Gasteiger partial charge in [-0.05, 0) is 76.4 Å². The number of ether oxygens (including phenoxy) is 1. The van der Waals surface area contributed by atoms with Crippen LogP contribution < -0.4 is 0 Å². The molecule has 0 fully saturated rings. The molecule has 0 amide bonds. The molecule has 4 heteroatoms. The molecule has 4 nitrogen and oxygen atoms in total. The van der Waals surface area contributed by atoms with Crippen LogP contribution in [-0.4, -0.2) is 61.8 Å². The Morgan fingerprint density at radius 2 is 1.12 bits per heavy atom. The monoisotopic (exact) mass is 357 g/mol. The summed E-state index contributed by atoms with van der Waals surface area (Å²) in [6, 6.07) is 4.65. The molecule has 0 aromatic carbocycles. The molecule has 0 atom stereocenters. The summed E-state index contributed by atoms with van der Waals surface area (Å²) in [4.78, 5) is 4.67. The molecule has 0 aromatic rings. The highest BCUT2D eigenvalue weighted by atomic mass is 16.5. The van der Waals surface area contributed by atoms with E-state index < -0.39 is 0 Å². The normalized spacial score (nSPS) is 9.96. The van der Waals surface area contributed by atoms with Gasteiger partial charge in [-0.2, -0.15) is 5.26 Å². The molecule has 0 radical (unpaired) electrons. The third-order valence-electron chi connectivity index (χ3n) is 3.68. The highest BCUT2D eigenvalue weighted by Crippen LogP contribution is 1.99. The Morgan fingerprint density at radius 1 is 0.880 bits per heavy atom. The minimum Gasteiger partial charge on any atom is -0.384 e. The molecule has 0 saturated carbocycles. The van der Waals surface area contributed by atoms with E-state index in [4.69, 9.17) is 5.26 Å².